The molecule has 0 aliphatic rings. The van der Waals surface area contributed by atoms with E-state index in [-0.39, 0.29) is 12.4 Å². The normalized spacial score (nSPS) is 12.7. The molecule has 0 saturated heterocycles. The zero-order chi connectivity index (χ0) is 34.4. The van der Waals surface area contributed by atoms with Crippen LogP contribution in [0.25, 0.3) is 0 Å². The van der Waals surface area contributed by atoms with Gasteiger partial charge in [0.2, 0.25) is 11.8 Å². The number of carboxylic acid groups (broad SMARTS) is 1. The molecule has 4 N–H and O–H groups in total. The number of aliphatic hydroxyl groups excluding tert-OH is 1. The molecule has 0 saturated carbocycles. The van der Waals surface area contributed by atoms with Crippen LogP contribution in [0.15, 0.2) is 0 Å². The highest BCUT2D eigenvalue weighted by Crippen LogP contribution is 2.17. The van der Waals surface area contributed by atoms with Gasteiger partial charge in [-0.2, -0.15) is 0 Å². The lowest BCUT2D eigenvalue weighted by molar-refractivity contribution is -0.151. The van der Waals surface area contributed by atoms with Gasteiger partial charge in [0.15, 0.2) is 0 Å². The van der Waals surface area contributed by atoms with E-state index in [2.05, 4.69) is 38.3 Å². The summed E-state index contributed by atoms with van der Waals surface area (Å²) < 4.78 is 5.73. The molecule has 0 radical (unpaired) electrons. The summed E-state index contributed by atoms with van der Waals surface area (Å²) in [4.78, 5) is 48.2. The van der Waals surface area contributed by atoms with Crippen LogP contribution in [-0.4, -0.2) is 59.3 Å². The zero-order valence-electron chi connectivity index (χ0n) is 29.9. The molecule has 2 amide bonds. The molecule has 0 bridgehead atoms. The molecular weight excluding hydrogens is 584 g/mol. The van der Waals surface area contributed by atoms with Crippen LogP contribution < -0.4 is 10.6 Å². The first-order chi connectivity index (χ1) is 22.0. The maximum Gasteiger partial charge on any atom is 0.328 e. The van der Waals surface area contributed by atoms with Gasteiger partial charge in [0.05, 0.1) is 19.6 Å². The number of nitrogens with one attached hydrogen (secondary N) is 2. The highest BCUT2D eigenvalue weighted by molar-refractivity contribution is 5.88. The summed E-state index contributed by atoms with van der Waals surface area (Å²) in [6, 6.07) is -1.43. The molecule has 9 nitrogen and oxygen atoms in total. The number of hydrogen-bond donors (Lipinski definition) is 4. The summed E-state index contributed by atoms with van der Waals surface area (Å²) in [7, 11) is 0. The van der Waals surface area contributed by atoms with Crippen LogP contribution in [-0.2, 0) is 23.9 Å². The highest BCUT2D eigenvalue weighted by Gasteiger charge is 2.21. The molecular formula is C37H70N2O7. The molecule has 0 fully saturated rings. The molecule has 0 spiro atoms. The minimum atomic E-state index is -1.43. The SMILES string of the molecule is CC(C)CCCCCCCCCCCC(=O)O[C@H](CCCCCCCCCCCC(C)C)CC(=O)NCC(=O)N[C@@H](CO)C(=O)O. The summed E-state index contributed by atoms with van der Waals surface area (Å²) in [6.45, 7) is 7.93. The summed E-state index contributed by atoms with van der Waals surface area (Å²) in [5, 5.41) is 22.7. The number of amides is 2. The van der Waals surface area contributed by atoms with Crippen LogP contribution in [0.2, 0.25) is 0 Å². The predicted octanol–water partition coefficient (Wildman–Crippen LogP) is 7.86. The van der Waals surface area contributed by atoms with Crippen LogP contribution in [0.1, 0.15) is 175 Å². The minimum absolute atomic E-state index is 0.0467. The zero-order valence-corrected chi connectivity index (χ0v) is 29.9. The van der Waals surface area contributed by atoms with Gasteiger partial charge in [-0.25, -0.2) is 4.79 Å². The molecule has 0 aromatic carbocycles. The average Bonchev–Trinajstić information content (AvgIpc) is 2.99. The third-order valence-corrected chi connectivity index (χ3v) is 8.44. The lowest BCUT2D eigenvalue weighted by Crippen LogP contribution is -2.47. The second-order valence-electron chi connectivity index (χ2n) is 14.0. The number of unbranched alkanes of at least 4 members (excludes halogenated alkanes) is 16. The Balaban J connectivity index is 4.43. The smallest absolute Gasteiger partial charge is 0.328 e. The summed E-state index contributed by atoms with van der Waals surface area (Å²) in [5.74, 6) is -1.22. The van der Waals surface area contributed by atoms with Gasteiger partial charge in [-0.05, 0) is 31.1 Å². The first-order valence-electron chi connectivity index (χ1n) is 18.6. The van der Waals surface area contributed by atoms with Gasteiger partial charge >= 0.3 is 11.9 Å². The molecule has 0 unspecified atom stereocenters. The number of rotatable bonds is 32. The molecule has 0 aliphatic carbocycles. The van der Waals surface area contributed by atoms with Crippen molar-refractivity contribution in [1.82, 2.24) is 10.6 Å². The summed E-state index contributed by atoms with van der Waals surface area (Å²) in [5.41, 5.74) is 0. The van der Waals surface area contributed by atoms with E-state index in [9.17, 15) is 19.2 Å². The van der Waals surface area contributed by atoms with Crippen LogP contribution >= 0.6 is 0 Å². The molecule has 9 heteroatoms. The Morgan fingerprint density at radius 1 is 0.587 bits per heavy atom. The van der Waals surface area contributed by atoms with Crippen LogP contribution in [0, 0.1) is 11.8 Å². The monoisotopic (exact) mass is 655 g/mol. The number of aliphatic hydroxyl groups is 1. The fraction of sp³-hybridized carbons (Fsp3) is 0.892. The topological polar surface area (TPSA) is 142 Å². The third kappa shape index (κ3) is 29.3. The van der Waals surface area contributed by atoms with Gasteiger partial charge in [-0.3, -0.25) is 14.4 Å². The third-order valence-electron chi connectivity index (χ3n) is 8.44. The van der Waals surface area contributed by atoms with E-state index in [1.54, 1.807) is 0 Å². The van der Waals surface area contributed by atoms with Crippen molar-refractivity contribution in [3.05, 3.63) is 0 Å². The van der Waals surface area contributed by atoms with Crippen molar-refractivity contribution in [2.75, 3.05) is 13.2 Å². The van der Waals surface area contributed by atoms with Crippen molar-refractivity contribution in [3.8, 4) is 0 Å². The van der Waals surface area contributed by atoms with Crippen molar-refractivity contribution >= 4 is 23.8 Å². The molecule has 0 aliphatic heterocycles. The van der Waals surface area contributed by atoms with E-state index in [1.807, 2.05) is 0 Å². The minimum Gasteiger partial charge on any atom is -0.480 e. The average molecular weight is 655 g/mol. The van der Waals surface area contributed by atoms with E-state index >= 15 is 0 Å². The van der Waals surface area contributed by atoms with E-state index in [1.165, 1.54) is 89.9 Å². The number of ether oxygens (including phenoxy) is 1. The van der Waals surface area contributed by atoms with Gasteiger partial charge in [-0.1, -0.05) is 143 Å². The standard InChI is InChI=1S/C37H70N2O7/c1-30(2)23-19-15-11-7-5-9-13-17-21-25-32(27-34(41)38-28-35(42)39-33(29-40)37(44)45)46-36(43)26-22-18-14-10-6-8-12-16-20-24-31(3)4/h30-33,40H,5-29H2,1-4H3,(H,38,41)(H,39,42)(H,44,45)/t32-,33+/m1/s1. The Bertz CT molecular complexity index is 788. The van der Waals surface area contributed by atoms with E-state index in [0.717, 1.165) is 50.4 Å². The summed E-state index contributed by atoms with van der Waals surface area (Å²) >= 11 is 0. The quantitative estimate of drug-likeness (QED) is 0.0427. The van der Waals surface area contributed by atoms with Crippen LogP contribution in [0.4, 0.5) is 0 Å². The van der Waals surface area contributed by atoms with Gasteiger partial charge < -0.3 is 25.6 Å². The van der Waals surface area contributed by atoms with Crippen LogP contribution in [0.5, 0.6) is 0 Å². The highest BCUT2D eigenvalue weighted by atomic mass is 16.5. The van der Waals surface area contributed by atoms with E-state index < -0.39 is 43.1 Å². The molecule has 46 heavy (non-hydrogen) atoms. The van der Waals surface area contributed by atoms with E-state index in [4.69, 9.17) is 14.9 Å². The molecule has 0 rings (SSSR count). The number of carbonyl (C=O) groups excluding carboxylic acids is 3. The number of aliphatic carboxylic acids is 1. The Morgan fingerprint density at radius 2 is 1.00 bits per heavy atom. The number of carboxylic acids is 1. The van der Waals surface area contributed by atoms with Crippen molar-refractivity contribution in [2.24, 2.45) is 11.8 Å². The maximum absolute atomic E-state index is 12.6. The van der Waals surface area contributed by atoms with Gasteiger partial charge in [0.1, 0.15) is 12.1 Å². The fourth-order valence-corrected chi connectivity index (χ4v) is 5.56. The Kier molecular flexibility index (Phi) is 28.8. The van der Waals surface area contributed by atoms with E-state index in [0.29, 0.717) is 12.8 Å². The Hall–Kier alpha value is -2.16. The molecule has 2 atom stereocenters. The number of carbonyl (C=O) groups is 4. The van der Waals surface area contributed by atoms with Crippen molar-refractivity contribution in [1.29, 1.82) is 0 Å². The maximum atomic E-state index is 12.6. The lowest BCUT2D eigenvalue weighted by Gasteiger charge is -2.18. The molecule has 0 aromatic rings. The van der Waals surface area contributed by atoms with Crippen LogP contribution in [0.3, 0.4) is 0 Å². The number of esters is 1. The first kappa shape index (κ1) is 43.8. The lowest BCUT2D eigenvalue weighted by atomic mass is 10.0. The Morgan fingerprint density at radius 3 is 1.41 bits per heavy atom. The second kappa shape index (κ2) is 30.2. The van der Waals surface area contributed by atoms with Crippen molar-refractivity contribution in [3.63, 3.8) is 0 Å². The van der Waals surface area contributed by atoms with Crippen molar-refractivity contribution in [2.45, 2.75) is 188 Å². The Labute approximate surface area is 280 Å². The predicted molar refractivity (Wildman–Crippen MR) is 185 cm³/mol. The number of hydrogen-bond acceptors (Lipinski definition) is 6. The van der Waals surface area contributed by atoms with Gasteiger partial charge in [0, 0.05) is 6.42 Å². The van der Waals surface area contributed by atoms with Gasteiger partial charge in [-0.15, -0.1) is 0 Å². The molecule has 0 heterocycles. The second-order valence-corrected chi connectivity index (χ2v) is 14.0. The van der Waals surface area contributed by atoms with Crippen molar-refractivity contribution < 1.29 is 34.1 Å². The fourth-order valence-electron chi connectivity index (χ4n) is 5.56. The molecule has 270 valence electrons. The molecule has 0 aromatic heterocycles. The largest absolute Gasteiger partial charge is 0.480 e. The summed E-state index contributed by atoms with van der Waals surface area (Å²) in [6.07, 6.45) is 24.1. The van der Waals surface area contributed by atoms with Gasteiger partial charge in [0.25, 0.3) is 0 Å². The first-order valence-corrected chi connectivity index (χ1v) is 18.6.